The van der Waals surface area contributed by atoms with Crippen molar-refractivity contribution in [3.8, 4) is 11.8 Å². The Morgan fingerprint density at radius 2 is 1.89 bits per heavy atom. The molecule has 0 aliphatic carbocycles. The van der Waals surface area contributed by atoms with Crippen molar-refractivity contribution < 1.29 is 13.2 Å². The fourth-order valence-electron chi connectivity index (χ4n) is 2.62. The zero-order valence-corrected chi connectivity index (χ0v) is 16.1. The number of pyridine rings is 1. The van der Waals surface area contributed by atoms with Crippen LogP contribution in [-0.2, 0) is 10.0 Å². The maximum absolute atomic E-state index is 12.7. The molecule has 1 heterocycles. The number of aryl methyl sites for hydroxylation is 1. The molecule has 0 saturated carbocycles. The van der Waals surface area contributed by atoms with Gasteiger partial charge in [0.05, 0.1) is 35.1 Å². The van der Waals surface area contributed by atoms with Gasteiger partial charge in [-0.25, -0.2) is 13.4 Å². The van der Waals surface area contributed by atoms with Crippen LogP contribution in [0.5, 0.6) is 5.75 Å². The third-order valence-electron chi connectivity index (χ3n) is 4.00. The van der Waals surface area contributed by atoms with Crippen molar-refractivity contribution in [2.24, 2.45) is 0 Å². The lowest BCUT2D eigenvalue weighted by atomic mass is 10.2. The topological polar surface area (TPSA) is 104 Å². The Hall–Kier alpha value is -3.57. The molecule has 142 valence electrons. The normalized spacial score (nSPS) is 10.8. The van der Waals surface area contributed by atoms with Gasteiger partial charge in [-0.15, -0.1) is 0 Å². The summed E-state index contributed by atoms with van der Waals surface area (Å²) >= 11 is 0. The van der Waals surface area contributed by atoms with E-state index in [4.69, 9.17) is 10.00 Å². The van der Waals surface area contributed by atoms with E-state index in [-0.39, 0.29) is 4.90 Å². The highest BCUT2D eigenvalue weighted by Crippen LogP contribution is 2.24. The van der Waals surface area contributed by atoms with Crippen LogP contribution in [0.4, 0.5) is 17.2 Å². The number of nitrogens with one attached hydrogen (secondary N) is 2. The van der Waals surface area contributed by atoms with E-state index >= 15 is 0 Å². The molecule has 3 aromatic rings. The molecule has 3 rings (SSSR count). The van der Waals surface area contributed by atoms with Crippen molar-refractivity contribution in [3.63, 3.8) is 0 Å². The second-order valence-corrected chi connectivity index (χ2v) is 7.60. The van der Waals surface area contributed by atoms with Crippen LogP contribution in [0.15, 0.2) is 65.7 Å². The van der Waals surface area contributed by atoms with Crippen LogP contribution in [-0.4, -0.2) is 20.5 Å². The largest absolute Gasteiger partial charge is 0.497 e. The summed E-state index contributed by atoms with van der Waals surface area (Å²) in [7, 11) is -2.24. The number of sulfonamides is 1. The molecule has 0 atom stereocenters. The van der Waals surface area contributed by atoms with E-state index in [1.165, 1.54) is 19.4 Å². The number of anilines is 3. The van der Waals surface area contributed by atoms with Gasteiger partial charge in [0.2, 0.25) is 0 Å². The Bertz CT molecular complexity index is 1140. The Morgan fingerprint density at radius 1 is 1.11 bits per heavy atom. The number of ether oxygens (including phenoxy) is 1. The molecule has 2 N–H and O–H groups in total. The van der Waals surface area contributed by atoms with E-state index in [1.54, 1.807) is 49.4 Å². The van der Waals surface area contributed by atoms with Crippen LogP contribution in [0.1, 0.15) is 11.1 Å². The lowest BCUT2D eigenvalue weighted by Gasteiger charge is -2.12. The molecule has 0 radical (unpaired) electrons. The summed E-state index contributed by atoms with van der Waals surface area (Å²) in [5, 5.41) is 12.2. The van der Waals surface area contributed by atoms with Gasteiger partial charge in [0.1, 0.15) is 17.6 Å². The molecule has 0 saturated heterocycles. The molecule has 2 aromatic carbocycles. The minimum Gasteiger partial charge on any atom is -0.497 e. The van der Waals surface area contributed by atoms with Crippen molar-refractivity contribution in [1.29, 1.82) is 5.26 Å². The zero-order valence-electron chi connectivity index (χ0n) is 15.3. The first-order valence-corrected chi connectivity index (χ1v) is 9.81. The Morgan fingerprint density at radius 3 is 2.54 bits per heavy atom. The first kappa shape index (κ1) is 19.2. The monoisotopic (exact) mass is 394 g/mol. The maximum atomic E-state index is 12.7. The predicted molar refractivity (Wildman–Crippen MR) is 107 cm³/mol. The third kappa shape index (κ3) is 4.22. The van der Waals surface area contributed by atoms with E-state index in [0.29, 0.717) is 34.1 Å². The molecule has 28 heavy (non-hydrogen) atoms. The average Bonchev–Trinajstić information content (AvgIpc) is 2.69. The van der Waals surface area contributed by atoms with Gasteiger partial charge in [0.15, 0.2) is 0 Å². The summed E-state index contributed by atoms with van der Waals surface area (Å²) in [5.41, 5.74) is 2.02. The van der Waals surface area contributed by atoms with Crippen molar-refractivity contribution in [1.82, 2.24) is 4.98 Å². The molecule has 7 nitrogen and oxygen atoms in total. The number of rotatable bonds is 6. The van der Waals surface area contributed by atoms with Crippen LogP contribution >= 0.6 is 0 Å². The van der Waals surface area contributed by atoms with Gasteiger partial charge in [-0.3, -0.25) is 4.72 Å². The quantitative estimate of drug-likeness (QED) is 0.659. The van der Waals surface area contributed by atoms with Crippen molar-refractivity contribution >= 4 is 27.2 Å². The van der Waals surface area contributed by atoms with Crippen molar-refractivity contribution in [2.45, 2.75) is 11.8 Å². The predicted octanol–water partition coefficient (Wildman–Crippen LogP) is 3.81. The molecule has 0 aliphatic rings. The molecular formula is C20H18N4O3S. The summed E-state index contributed by atoms with van der Waals surface area (Å²) in [5.74, 6) is 1.08. The van der Waals surface area contributed by atoms with Crippen molar-refractivity contribution in [3.05, 3.63) is 71.9 Å². The summed E-state index contributed by atoms with van der Waals surface area (Å²) in [6, 6.07) is 17.1. The molecule has 0 spiro atoms. The second kappa shape index (κ2) is 7.98. The van der Waals surface area contributed by atoms with Crippen LogP contribution in [0, 0.1) is 18.3 Å². The van der Waals surface area contributed by atoms with Gasteiger partial charge < -0.3 is 10.1 Å². The zero-order chi connectivity index (χ0) is 20.1. The number of aromatic nitrogens is 1. The van der Waals surface area contributed by atoms with Crippen LogP contribution in [0.25, 0.3) is 0 Å². The highest BCUT2D eigenvalue weighted by atomic mass is 32.2. The minimum atomic E-state index is -3.76. The number of nitrogens with zero attached hydrogens (tertiary/aromatic N) is 2. The molecule has 0 bridgehead atoms. The number of methoxy groups -OCH3 is 1. The van der Waals surface area contributed by atoms with Crippen LogP contribution < -0.4 is 14.8 Å². The summed E-state index contributed by atoms with van der Waals surface area (Å²) in [4.78, 5) is 4.37. The molecule has 8 heteroatoms. The van der Waals surface area contributed by atoms with Gasteiger partial charge in [-0.1, -0.05) is 12.1 Å². The Kier molecular flexibility index (Phi) is 5.47. The molecule has 0 aliphatic heterocycles. The van der Waals surface area contributed by atoms with E-state index in [1.807, 2.05) is 6.07 Å². The lowest BCUT2D eigenvalue weighted by Crippen LogP contribution is -2.14. The second-order valence-electron chi connectivity index (χ2n) is 5.95. The molecule has 1 aromatic heterocycles. The molecule has 0 fully saturated rings. The standard InChI is InChI=1S/C20H18N4O3S/c1-14-11-17(27-2)8-9-19(14)28(25,26)24-16-7-10-20(22-13-16)23-18-6-4-3-5-15(18)12-21/h3-11,13,24H,1-2H3,(H,22,23). The van der Waals surface area contributed by atoms with E-state index in [0.717, 1.165) is 0 Å². The fraction of sp³-hybridized carbons (Fsp3) is 0.100. The first-order valence-electron chi connectivity index (χ1n) is 8.32. The number of benzene rings is 2. The summed E-state index contributed by atoms with van der Waals surface area (Å²) in [6.07, 6.45) is 1.41. The number of hydrogen-bond acceptors (Lipinski definition) is 6. The summed E-state index contributed by atoms with van der Waals surface area (Å²) < 4.78 is 32.9. The van der Waals surface area contributed by atoms with Crippen molar-refractivity contribution in [2.75, 3.05) is 17.1 Å². The van der Waals surface area contributed by atoms with Gasteiger partial charge in [-0.2, -0.15) is 5.26 Å². The maximum Gasteiger partial charge on any atom is 0.262 e. The molecule has 0 amide bonds. The van der Waals surface area contributed by atoms with E-state index in [9.17, 15) is 8.42 Å². The highest BCUT2D eigenvalue weighted by molar-refractivity contribution is 7.92. The summed E-state index contributed by atoms with van der Waals surface area (Å²) in [6.45, 7) is 1.70. The van der Waals surface area contributed by atoms with Gasteiger partial charge >= 0.3 is 0 Å². The van der Waals surface area contributed by atoms with Crippen LogP contribution in [0.3, 0.4) is 0 Å². The first-order chi connectivity index (χ1) is 13.4. The third-order valence-corrected chi connectivity index (χ3v) is 5.54. The van der Waals surface area contributed by atoms with E-state index in [2.05, 4.69) is 21.1 Å². The molecular weight excluding hydrogens is 376 g/mol. The average molecular weight is 394 g/mol. The molecule has 0 unspecified atom stereocenters. The number of nitriles is 1. The smallest absolute Gasteiger partial charge is 0.262 e. The van der Waals surface area contributed by atoms with Gasteiger partial charge in [-0.05, 0) is 55.0 Å². The minimum absolute atomic E-state index is 0.165. The number of hydrogen-bond donors (Lipinski definition) is 2. The Balaban J connectivity index is 1.78. The SMILES string of the molecule is COc1ccc(S(=O)(=O)Nc2ccc(Nc3ccccc3C#N)nc2)c(C)c1. The van der Waals surface area contributed by atoms with E-state index < -0.39 is 10.0 Å². The lowest BCUT2D eigenvalue weighted by molar-refractivity contribution is 0.414. The Labute approximate surface area is 163 Å². The van der Waals surface area contributed by atoms with Crippen LogP contribution in [0.2, 0.25) is 0 Å². The fourth-order valence-corrected chi connectivity index (χ4v) is 3.89. The highest BCUT2D eigenvalue weighted by Gasteiger charge is 2.17. The van der Waals surface area contributed by atoms with Gasteiger partial charge in [0, 0.05) is 0 Å². The van der Waals surface area contributed by atoms with Gasteiger partial charge in [0.25, 0.3) is 10.0 Å². The number of para-hydroxylation sites is 1.